The van der Waals surface area contributed by atoms with Gasteiger partial charge in [-0.1, -0.05) is 26.7 Å². The molecule has 0 aliphatic rings. The second-order valence-electron chi connectivity index (χ2n) is 2.95. The topological polar surface area (TPSA) is 37.3 Å². The highest BCUT2D eigenvalue weighted by atomic mass is 127. The van der Waals surface area contributed by atoms with Gasteiger partial charge in [0, 0.05) is 4.91 Å². The second kappa shape index (κ2) is 8.59. The number of thioether (sulfide) groups is 1. The second-order valence-corrected chi connectivity index (χ2v) is 5.22. The highest BCUT2D eigenvalue weighted by Gasteiger charge is 2.09. The Morgan fingerprint density at radius 2 is 2.00 bits per heavy atom. The normalized spacial score (nSPS) is 12.5. The van der Waals surface area contributed by atoms with Crippen LogP contribution in [0.2, 0.25) is 0 Å². The van der Waals surface area contributed by atoms with Crippen LogP contribution in [0.25, 0.3) is 0 Å². The van der Waals surface area contributed by atoms with Crippen LogP contribution in [0.1, 0.15) is 39.5 Å². The summed E-state index contributed by atoms with van der Waals surface area (Å²) in [4.78, 5) is 11.7. The molecule has 4 heteroatoms. The summed E-state index contributed by atoms with van der Waals surface area (Å²) < 4.78 is 0.478. The van der Waals surface area contributed by atoms with E-state index in [1.807, 2.05) is 29.5 Å². The standard InChI is InChI=1S/C10H17IO2S/c1-3-5-6-7-14-8(4-2)9(11)10(12)13/h3-7H2,1-2H3,(H,12,13). The van der Waals surface area contributed by atoms with Gasteiger partial charge in [-0.2, -0.15) is 0 Å². The average Bonchev–Trinajstić information content (AvgIpc) is 2.17. The molecule has 1 N–H and O–H groups in total. The third-order valence-electron chi connectivity index (χ3n) is 1.78. The van der Waals surface area contributed by atoms with Gasteiger partial charge >= 0.3 is 5.97 Å². The number of aliphatic carboxylic acids is 1. The smallest absolute Gasteiger partial charge is 0.342 e. The van der Waals surface area contributed by atoms with Gasteiger partial charge in [0.2, 0.25) is 0 Å². The van der Waals surface area contributed by atoms with Gasteiger partial charge in [0.15, 0.2) is 0 Å². The number of carboxylic acid groups (broad SMARTS) is 1. The molecule has 0 heterocycles. The molecule has 0 saturated heterocycles. The number of carboxylic acids is 1. The van der Waals surface area contributed by atoms with Crippen LogP contribution in [0.3, 0.4) is 0 Å². The molecule has 0 saturated carbocycles. The summed E-state index contributed by atoms with van der Waals surface area (Å²) in [6, 6.07) is 0. The summed E-state index contributed by atoms with van der Waals surface area (Å²) in [6.07, 6.45) is 4.44. The summed E-state index contributed by atoms with van der Waals surface area (Å²) >= 11 is 3.60. The van der Waals surface area contributed by atoms with Crippen LogP contribution < -0.4 is 0 Å². The molecule has 0 spiro atoms. The van der Waals surface area contributed by atoms with E-state index in [1.54, 1.807) is 11.8 Å². The molecular formula is C10H17IO2S. The SMILES string of the molecule is CCCCCSC(CC)=C(I)C(=O)O. The van der Waals surface area contributed by atoms with Gasteiger partial charge < -0.3 is 5.11 Å². The third kappa shape index (κ3) is 5.90. The molecule has 0 aromatic heterocycles. The van der Waals surface area contributed by atoms with E-state index in [9.17, 15) is 4.79 Å². The summed E-state index contributed by atoms with van der Waals surface area (Å²) in [5.74, 6) is 0.238. The summed E-state index contributed by atoms with van der Waals surface area (Å²) in [5, 5.41) is 8.81. The van der Waals surface area contributed by atoms with Crippen LogP contribution in [-0.4, -0.2) is 16.8 Å². The summed E-state index contributed by atoms with van der Waals surface area (Å²) in [6.45, 7) is 4.17. The molecule has 0 fully saturated rings. The van der Waals surface area contributed by atoms with Crippen molar-refractivity contribution in [1.29, 1.82) is 0 Å². The number of carbonyl (C=O) groups is 1. The molecule has 0 amide bonds. The minimum atomic E-state index is -0.801. The first-order chi connectivity index (χ1) is 6.63. The molecule has 0 unspecified atom stereocenters. The number of rotatable bonds is 7. The van der Waals surface area contributed by atoms with E-state index in [1.165, 1.54) is 19.3 Å². The van der Waals surface area contributed by atoms with Gasteiger partial charge in [-0.05, 0) is 41.2 Å². The van der Waals surface area contributed by atoms with Gasteiger partial charge in [-0.15, -0.1) is 11.8 Å². The van der Waals surface area contributed by atoms with Crippen molar-refractivity contribution in [2.45, 2.75) is 39.5 Å². The van der Waals surface area contributed by atoms with Gasteiger partial charge in [-0.25, -0.2) is 4.79 Å². The molecule has 2 nitrogen and oxygen atoms in total. The minimum Gasteiger partial charge on any atom is -0.477 e. The van der Waals surface area contributed by atoms with E-state index in [4.69, 9.17) is 5.11 Å². The maximum absolute atomic E-state index is 10.7. The lowest BCUT2D eigenvalue weighted by Gasteiger charge is -2.05. The average molecular weight is 328 g/mol. The number of halogens is 1. The molecule has 0 aliphatic heterocycles. The van der Waals surface area contributed by atoms with Crippen molar-refractivity contribution in [2.24, 2.45) is 0 Å². The summed E-state index contributed by atoms with van der Waals surface area (Å²) in [7, 11) is 0. The molecule has 0 aliphatic carbocycles. The van der Waals surface area contributed by atoms with Crippen LogP contribution in [0, 0.1) is 0 Å². The number of unbranched alkanes of at least 4 members (excludes halogenated alkanes) is 2. The first-order valence-corrected chi connectivity index (χ1v) is 6.94. The fourth-order valence-corrected chi connectivity index (χ4v) is 2.85. The molecule has 0 aromatic carbocycles. The van der Waals surface area contributed by atoms with E-state index in [0.717, 1.165) is 17.1 Å². The zero-order valence-corrected chi connectivity index (χ0v) is 11.7. The fraction of sp³-hybridized carbons (Fsp3) is 0.700. The lowest BCUT2D eigenvalue weighted by atomic mass is 10.3. The Morgan fingerprint density at radius 1 is 1.36 bits per heavy atom. The van der Waals surface area contributed by atoms with Crippen LogP contribution in [-0.2, 0) is 4.79 Å². The van der Waals surface area contributed by atoms with Crippen molar-refractivity contribution >= 4 is 40.3 Å². The van der Waals surface area contributed by atoms with E-state index >= 15 is 0 Å². The largest absolute Gasteiger partial charge is 0.477 e. The highest BCUT2D eigenvalue weighted by Crippen LogP contribution is 2.28. The van der Waals surface area contributed by atoms with Gasteiger partial charge in [0.1, 0.15) is 3.58 Å². The van der Waals surface area contributed by atoms with Gasteiger partial charge in [0.25, 0.3) is 0 Å². The number of hydrogen-bond donors (Lipinski definition) is 1. The minimum absolute atomic E-state index is 0.478. The Bertz CT molecular complexity index is 214. The van der Waals surface area contributed by atoms with Crippen molar-refractivity contribution in [1.82, 2.24) is 0 Å². The molecular weight excluding hydrogens is 311 g/mol. The Morgan fingerprint density at radius 3 is 2.43 bits per heavy atom. The third-order valence-corrected chi connectivity index (χ3v) is 4.59. The predicted molar refractivity (Wildman–Crippen MR) is 71.0 cm³/mol. The summed E-state index contributed by atoms with van der Waals surface area (Å²) in [5.41, 5.74) is 0. The zero-order valence-electron chi connectivity index (χ0n) is 8.68. The molecule has 82 valence electrons. The van der Waals surface area contributed by atoms with Crippen molar-refractivity contribution in [3.05, 3.63) is 8.48 Å². The fourth-order valence-electron chi connectivity index (χ4n) is 0.987. The molecule has 0 radical (unpaired) electrons. The van der Waals surface area contributed by atoms with E-state index in [2.05, 4.69) is 6.92 Å². The molecule has 0 rings (SSSR count). The van der Waals surface area contributed by atoms with Gasteiger partial charge in [-0.3, -0.25) is 0 Å². The van der Waals surface area contributed by atoms with Crippen LogP contribution in [0.4, 0.5) is 0 Å². The predicted octanol–water partition coefficient (Wildman–Crippen LogP) is 4.05. The quantitative estimate of drug-likeness (QED) is 0.435. The Labute approximate surface area is 104 Å². The van der Waals surface area contributed by atoms with E-state index in [-0.39, 0.29) is 0 Å². The van der Waals surface area contributed by atoms with Gasteiger partial charge in [0.05, 0.1) is 0 Å². The molecule has 0 aromatic rings. The van der Waals surface area contributed by atoms with Crippen molar-refractivity contribution < 1.29 is 9.90 Å². The number of allylic oxidation sites excluding steroid dienone is 1. The van der Waals surface area contributed by atoms with E-state index in [0.29, 0.717) is 3.58 Å². The first-order valence-electron chi connectivity index (χ1n) is 4.88. The van der Waals surface area contributed by atoms with Crippen molar-refractivity contribution in [3.8, 4) is 0 Å². The maximum atomic E-state index is 10.7. The monoisotopic (exact) mass is 328 g/mol. The first kappa shape index (κ1) is 14.3. The number of hydrogen-bond acceptors (Lipinski definition) is 2. The molecule has 0 atom stereocenters. The van der Waals surface area contributed by atoms with E-state index < -0.39 is 5.97 Å². The zero-order chi connectivity index (χ0) is 11.0. The van der Waals surface area contributed by atoms with Crippen LogP contribution in [0.5, 0.6) is 0 Å². The van der Waals surface area contributed by atoms with Crippen LogP contribution >= 0.6 is 34.4 Å². The van der Waals surface area contributed by atoms with Crippen molar-refractivity contribution in [2.75, 3.05) is 5.75 Å². The lowest BCUT2D eigenvalue weighted by molar-refractivity contribution is -0.131. The van der Waals surface area contributed by atoms with Crippen molar-refractivity contribution in [3.63, 3.8) is 0 Å². The Kier molecular flexibility index (Phi) is 8.76. The van der Waals surface area contributed by atoms with Crippen LogP contribution in [0.15, 0.2) is 8.48 Å². The Hall–Kier alpha value is 0.290. The Balaban J connectivity index is 4.02. The maximum Gasteiger partial charge on any atom is 0.342 e. The molecule has 14 heavy (non-hydrogen) atoms. The molecule has 0 bridgehead atoms. The lowest BCUT2D eigenvalue weighted by Crippen LogP contribution is -1.97. The highest BCUT2D eigenvalue weighted by molar-refractivity contribution is 14.1.